The van der Waals surface area contributed by atoms with Crippen LogP contribution in [0.4, 0.5) is 0 Å². The third kappa shape index (κ3) is 3.25. The van der Waals surface area contributed by atoms with Gasteiger partial charge >= 0.3 is 5.97 Å². The van der Waals surface area contributed by atoms with Crippen LogP contribution in [0, 0.1) is 0 Å². The highest BCUT2D eigenvalue weighted by Crippen LogP contribution is 2.30. The fourth-order valence-electron chi connectivity index (χ4n) is 1.09. The molecule has 1 aromatic rings. The Labute approximate surface area is 94.8 Å². The van der Waals surface area contributed by atoms with Crippen LogP contribution >= 0.6 is 11.6 Å². The van der Waals surface area contributed by atoms with Crippen molar-refractivity contribution in [1.82, 2.24) is 0 Å². The summed E-state index contributed by atoms with van der Waals surface area (Å²) in [5.74, 6) is -0.739. The predicted octanol–water partition coefficient (Wildman–Crippen LogP) is 3.25. The smallest absolute Gasteiger partial charge is 0.339 e. The molecule has 0 spiro atoms. The number of hydrogen-bond donors (Lipinski definition) is 1. The van der Waals surface area contributed by atoms with Gasteiger partial charge in [-0.3, -0.25) is 0 Å². The van der Waals surface area contributed by atoms with E-state index in [1.165, 1.54) is 6.07 Å². The summed E-state index contributed by atoms with van der Waals surface area (Å²) in [5.41, 5.74) is 0.116. The third-order valence-corrected chi connectivity index (χ3v) is 2.72. The fraction of sp³-hybridized carbons (Fsp3) is 0.300. The second-order valence-electron chi connectivity index (χ2n) is 4.14. The molecule has 0 aliphatic rings. The zero-order chi connectivity index (χ0) is 11.6. The lowest BCUT2D eigenvalue weighted by Gasteiger charge is -2.21. The predicted molar refractivity (Wildman–Crippen MR) is 62.4 cm³/mol. The summed E-state index contributed by atoms with van der Waals surface area (Å²) in [7, 11) is -1.85. The molecule has 0 radical (unpaired) electrons. The van der Waals surface area contributed by atoms with Crippen LogP contribution in [0.2, 0.25) is 24.7 Å². The fourth-order valence-corrected chi connectivity index (χ4v) is 2.20. The number of carboxylic acid groups (broad SMARTS) is 1. The zero-order valence-electron chi connectivity index (χ0n) is 8.87. The summed E-state index contributed by atoms with van der Waals surface area (Å²) in [6, 6.07) is 4.72. The summed E-state index contributed by atoms with van der Waals surface area (Å²) in [6.07, 6.45) is 0. The first-order chi connectivity index (χ1) is 6.81. The second-order valence-corrected chi connectivity index (χ2v) is 8.97. The van der Waals surface area contributed by atoms with Crippen molar-refractivity contribution in [3.63, 3.8) is 0 Å². The van der Waals surface area contributed by atoms with Crippen molar-refractivity contribution in [3.05, 3.63) is 28.8 Å². The number of carbonyl (C=O) groups is 1. The van der Waals surface area contributed by atoms with E-state index in [1.54, 1.807) is 12.1 Å². The van der Waals surface area contributed by atoms with Crippen molar-refractivity contribution < 1.29 is 14.3 Å². The van der Waals surface area contributed by atoms with Crippen molar-refractivity contribution >= 4 is 25.9 Å². The second kappa shape index (κ2) is 4.24. The van der Waals surface area contributed by atoms with Gasteiger partial charge in [0.25, 0.3) is 0 Å². The normalized spacial score (nSPS) is 11.2. The number of rotatable bonds is 3. The van der Waals surface area contributed by atoms with Crippen molar-refractivity contribution in [1.29, 1.82) is 0 Å². The van der Waals surface area contributed by atoms with Gasteiger partial charge in [0.15, 0.2) is 0 Å². The Hall–Kier alpha value is -1.00. The Morgan fingerprint density at radius 2 is 2.00 bits per heavy atom. The first kappa shape index (κ1) is 12.1. The van der Waals surface area contributed by atoms with Crippen LogP contribution in [0.25, 0.3) is 0 Å². The summed E-state index contributed by atoms with van der Waals surface area (Å²) in [6.45, 7) is 5.92. The van der Waals surface area contributed by atoms with Crippen molar-refractivity contribution in [3.8, 4) is 5.75 Å². The molecule has 15 heavy (non-hydrogen) atoms. The summed E-state index contributed by atoms with van der Waals surface area (Å²) in [4.78, 5) is 10.9. The number of benzene rings is 1. The molecular weight excluding hydrogens is 232 g/mol. The maximum atomic E-state index is 10.9. The number of halogens is 1. The maximum Gasteiger partial charge on any atom is 0.339 e. The highest BCUT2D eigenvalue weighted by Gasteiger charge is 2.22. The molecule has 5 heteroatoms. The quantitative estimate of drug-likeness (QED) is 0.831. The number of para-hydroxylation sites is 1. The van der Waals surface area contributed by atoms with Gasteiger partial charge in [-0.25, -0.2) is 4.79 Å². The molecular formula is C10H13ClO3Si. The van der Waals surface area contributed by atoms with Gasteiger partial charge in [0, 0.05) is 0 Å². The average molecular weight is 245 g/mol. The Bertz CT molecular complexity index is 385. The molecule has 3 nitrogen and oxygen atoms in total. The van der Waals surface area contributed by atoms with Crippen molar-refractivity contribution in [2.24, 2.45) is 0 Å². The Morgan fingerprint density at radius 3 is 2.47 bits per heavy atom. The highest BCUT2D eigenvalue weighted by molar-refractivity contribution is 6.70. The van der Waals surface area contributed by atoms with Gasteiger partial charge in [0.2, 0.25) is 8.32 Å². The van der Waals surface area contributed by atoms with Crippen LogP contribution in [0.3, 0.4) is 0 Å². The van der Waals surface area contributed by atoms with Crippen LogP contribution in [-0.4, -0.2) is 19.4 Å². The number of aromatic carboxylic acids is 1. The van der Waals surface area contributed by atoms with E-state index in [9.17, 15) is 4.79 Å². The molecule has 0 aliphatic heterocycles. The minimum absolute atomic E-state index is 0.116. The van der Waals surface area contributed by atoms with Crippen molar-refractivity contribution in [2.45, 2.75) is 19.6 Å². The molecule has 0 atom stereocenters. The molecule has 0 unspecified atom stereocenters. The lowest BCUT2D eigenvalue weighted by Crippen LogP contribution is -2.30. The van der Waals surface area contributed by atoms with Crippen LogP contribution in [0.15, 0.2) is 18.2 Å². The average Bonchev–Trinajstić information content (AvgIpc) is 2.05. The Kier molecular flexibility index (Phi) is 3.41. The minimum atomic E-state index is -1.85. The van der Waals surface area contributed by atoms with E-state index in [0.29, 0.717) is 5.02 Å². The molecule has 0 aromatic heterocycles. The monoisotopic (exact) mass is 244 g/mol. The van der Waals surface area contributed by atoms with E-state index in [0.717, 1.165) is 0 Å². The van der Waals surface area contributed by atoms with E-state index in [4.69, 9.17) is 21.1 Å². The Balaban J connectivity index is 3.19. The lowest BCUT2D eigenvalue weighted by molar-refractivity contribution is 0.0695. The largest absolute Gasteiger partial charge is 0.543 e. The van der Waals surface area contributed by atoms with Crippen LogP contribution < -0.4 is 4.43 Å². The first-order valence-electron chi connectivity index (χ1n) is 4.52. The minimum Gasteiger partial charge on any atom is -0.543 e. The van der Waals surface area contributed by atoms with Gasteiger partial charge in [-0.05, 0) is 31.8 Å². The van der Waals surface area contributed by atoms with E-state index >= 15 is 0 Å². The zero-order valence-corrected chi connectivity index (χ0v) is 10.6. The van der Waals surface area contributed by atoms with Gasteiger partial charge < -0.3 is 9.53 Å². The van der Waals surface area contributed by atoms with E-state index in [-0.39, 0.29) is 11.3 Å². The highest BCUT2D eigenvalue weighted by atomic mass is 35.5. The molecule has 0 bridgehead atoms. The molecule has 1 rings (SSSR count). The molecule has 0 aliphatic carbocycles. The van der Waals surface area contributed by atoms with Crippen LogP contribution in [0.1, 0.15) is 10.4 Å². The first-order valence-corrected chi connectivity index (χ1v) is 8.31. The van der Waals surface area contributed by atoms with Crippen LogP contribution in [-0.2, 0) is 0 Å². The summed E-state index contributed by atoms with van der Waals surface area (Å²) in [5, 5.41) is 9.31. The molecule has 0 heterocycles. The molecule has 82 valence electrons. The van der Waals surface area contributed by atoms with Gasteiger partial charge in [0.05, 0.1) is 5.02 Å². The van der Waals surface area contributed by atoms with Gasteiger partial charge in [-0.1, -0.05) is 17.7 Å². The van der Waals surface area contributed by atoms with Gasteiger partial charge in [-0.15, -0.1) is 0 Å². The molecule has 1 N–H and O–H groups in total. The molecule has 0 saturated carbocycles. The van der Waals surface area contributed by atoms with Crippen LogP contribution in [0.5, 0.6) is 5.75 Å². The lowest BCUT2D eigenvalue weighted by atomic mass is 10.2. The topological polar surface area (TPSA) is 46.5 Å². The molecule has 0 amide bonds. The SMILES string of the molecule is C[Si](C)(C)Oc1c(Cl)cccc1C(=O)O. The molecule has 1 aromatic carbocycles. The maximum absolute atomic E-state index is 10.9. The van der Waals surface area contributed by atoms with Crippen molar-refractivity contribution in [2.75, 3.05) is 0 Å². The van der Waals surface area contributed by atoms with Gasteiger partial charge in [-0.2, -0.15) is 0 Å². The number of hydrogen-bond acceptors (Lipinski definition) is 2. The summed E-state index contributed by atoms with van der Waals surface area (Å²) >= 11 is 5.91. The third-order valence-electron chi connectivity index (χ3n) is 1.61. The molecule has 0 fully saturated rings. The molecule has 0 saturated heterocycles. The Morgan fingerprint density at radius 1 is 1.40 bits per heavy atom. The van der Waals surface area contributed by atoms with E-state index < -0.39 is 14.3 Å². The van der Waals surface area contributed by atoms with Gasteiger partial charge in [0.1, 0.15) is 11.3 Å². The standard InChI is InChI=1S/C10H13ClO3Si/c1-15(2,3)14-9-7(10(12)13)5-4-6-8(9)11/h4-6H,1-3H3,(H,12,13). The van der Waals surface area contributed by atoms with E-state index in [1.807, 2.05) is 19.6 Å². The number of carboxylic acids is 1. The van der Waals surface area contributed by atoms with E-state index in [2.05, 4.69) is 0 Å². The summed E-state index contributed by atoms with van der Waals surface area (Å²) < 4.78 is 5.65.